The second-order valence-corrected chi connectivity index (χ2v) is 10.4. The van der Waals surface area contributed by atoms with Gasteiger partial charge in [0.25, 0.3) is 0 Å². The molecule has 2 heterocycles. The molecule has 0 amide bonds. The maximum atomic E-state index is 12.5. The van der Waals surface area contributed by atoms with Crippen molar-refractivity contribution in [3.63, 3.8) is 0 Å². The lowest BCUT2D eigenvalue weighted by Gasteiger charge is -2.43. The van der Waals surface area contributed by atoms with Crippen molar-refractivity contribution in [1.82, 2.24) is 0 Å². The second kappa shape index (κ2) is 19.9. The number of carboxylic acids is 2. The van der Waals surface area contributed by atoms with Crippen LogP contribution in [-0.2, 0) is 42.9 Å². The summed E-state index contributed by atoms with van der Waals surface area (Å²) >= 11 is 0. The summed E-state index contributed by atoms with van der Waals surface area (Å²) in [7, 11) is 0. The number of esters is 2. The Morgan fingerprint density at radius 3 is 1.98 bits per heavy atom. The van der Waals surface area contributed by atoms with Gasteiger partial charge in [-0.05, 0) is 25.8 Å². The minimum atomic E-state index is -2.39. The second-order valence-electron chi connectivity index (χ2n) is 10.4. The first-order chi connectivity index (χ1) is 21.6. The number of unbranched alkanes of at least 4 members (excludes halogenated alkanes) is 1. The van der Waals surface area contributed by atoms with Gasteiger partial charge < -0.3 is 87.5 Å². The molecule has 21 nitrogen and oxygen atoms in total. The van der Waals surface area contributed by atoms with Gasteiger partial charge in [0.1, 0.15) is 55.3 Å². The number of hydrogen-bond acceptors (Lipinski definition) is 19. The van der Waals surface area contributed by atoms with E-state index in [1.165, 1.54) is 0 Å². The maximum absolute atomic E-state index is 12.5. The Morgan fingerprint density at radius 2 is 1.46 bits per heavy atom. The van der Waals surface area contributed by atoms with Crippen LogP contribution in [0.15, 0.2) is 0 Å². The Balaban J connectivity index is 0.000000908. The van der Waals surface area contributed by atoms with Crippen molar-refractivity contribution in [2.24, 2.45) is 22.9 Å². The summed E-state index contributed by atoms with van der Waals surface area (Å²) in [4.78, 5) is 44.3. The van der Waals surface area contributed by atoms with Gasteiger partial charge in [0.15, 0.2) is 12.4 Å². The number of aliphatic hydroxyl groups excluding tert-OH is 6. The molecule has 2 saturated heterocycles. The fourth-order valence-electron chi connectivity index (χ4n) is 4.26. The van der Waals surface area contributed by atoms with Crippen LogP contribution in [0.5, 0.6) is 0 Å². The molecule has 0 saturated carbocycles. The van der Waals surface area contributed by atoms with Crippen molar-refractivity contribution in [1.29, 1.82) is 0 Å². The van der Waals surface area contributed by atoms with Crippen LogP contribution in [0.3, 0.4) is 0 Å². The minimum absolute atomic E-state index is 0.0231. The van der Waals surface area contributed by atoms with E-state index in [2.05, 4.69) is 0 Å². The molecule has 0 aromatic rings. The van der Waals surface area contributed by atoms with Gasteiger partial charge in [-0.25, -0.2) is 0 Å². The Labute approximate surface area is 262 Å². The summed E-state index contributed by atoms with van der Waals surface area (Å²) in [6, 6.07) is -2.12. The van der Waals surface area contributed by atoms with Gasteiger partial charge in [-0.1, -0.05) is 6.42 Å². The molecule has 2 aliphatic heterocycles. The highest BCUT2D eigenvalue weighted by Gasteiger charge is 2.62. The van der Waals surface area contributed by atoms with E-state index in [0.29, 0.717) is 19.4 Å². The van der Waals surface area contributed by atoms with Gasteiger partial charge in [0.2, 0.25) is 5.79 Å². The van der Waals surface area contributed by atoms with Gasteiger partial charge in [0.05, 0.1) is 19.8 Å². The molecule has 21 heteroatoms. The predicted octanol–water partition coefficient (Wildman–Crippen LogP) is -6.62. The van der Waals surface area contributed by atoms with Gasteiger partial charge in [-0.15, -0.1) is 0 Å². The molecule has 0 bridgehead atoms. The van der Waals surface area contributed by atoms with Crippen molar-refractivity contribution in [3.05, 3.63) is 0 Å². The first-order valence-electron chi connectivity index (χ1n) is 14.3. The lowest BCUT2D eigenvalue weighted by atomic mass is 9.99. The van der Waals surface area contributed by atoms with Crippen molar-refractivity contribution in [2.75, 3.05) is 32.9 Å². The summed E-state index contributed by atoms with van der Waals surface area (Å²) < 4.78 is 27.0. The van der Waals surface area contributed by atoms with E-state index in [1.54, 1.807) is 0 Å². The smallest absolute Gasteiger partial charge is 0.323 e. The van der Waals surface area contributed by atoms with Crippen LogP contribution in [0, 0.1) is 0 Å². The number of rotatable bonds is 17. The van der Waals surface area contributed by atoms with E-state index >= 15 is 0 Å². The largest absolute Gasteiger partial charge is 0.481 e. The SMILES string of the molecule is NCCCC[C@H](N)C(=O)OC[C@@]1(O[C@H]2O[C@H](CO)[C@@H](O)[C@H](O)[C@H]2O)O[C@H](CO)[C@@H](O)[C@@H]1OC(=O)CN.N[C@@H](CCC(=O)O)C(=O)O. The first kappa shape index (κ1) is 41.4. The molecule has 16 N–H and O–H groups in total. The van der Waals surface area contributed by atoms with Crippen molar-refractivity contribution < 1.29 is 83.7 Å². The van der Waals surface area contributed by atoms with E-state index < -0.39 is 117 Å². The minimum Gasteiger partial charge on any atom is -0.481 e. The van der Waals surface area contributed by atoms with Crippen LogP contribution in [0.25, 0.3) is 0 Å². The number of nitrogens with two attached hydrogens (primary N) is 4. The number of carbonyl (C=O) groups excluding carboxylic acids is 2. The summed E-state index contributed by atoms with van der Waals surface area (Å²) in [5.74, 6) is -6.51. The van der Waals surface area contributed by atoms with Gasteiger partial charge in [0, 0.05) is 6.42 Å². The number of carboxylic acid groups (broad SMARTS) is 2. The zero-order valence-electron chi connectivity index (χ0n) is 24.9. The first-order valence-corrected chi connectivity index (χ1v) is 14.3. The molecule has 0 radical (unpaired) electrons. The van der Waals surface area contributed by atoms with E-state index in [9.17, 15) is 49.8 Å². The summed E-state index contributed by atoms with van der Waals surface area (Å²) in [5, 5.41) is 76.5. The predicted molar refractivity (Wildman–Crippen MR) is 149 cm³/mol. The normalized spacial score (nSPS) is 32.0. The molecule has 2 aliphatic rings. The third kappa shape index (κ3) is 11.9. The molecule has 11 atom stereocenters. The Kier molecular flexibility index (Phi) is 17.9. The molecule has 268 valence electrons. The summed E-state index contributed by atoms with van der Waals surface area (Å²) in [5.41, 5.74) is 21.6. The highest BCUT2D eigenvalue weighted by atomic mass is 16.8. The molecule has 2 rings (SSSR count). The number of ether oxygens (including phenoxy) is 5. The lowest BCUT2D eigenvalue weighted by molar-refractivity contribution is -0.384. The molecular weight excluding hydrogens is 628 g/mol. The molecule has 0 aromatic heterocycles. The van der Waals surface area contributed by atoms with Crippen LogP contribution >= 0.6 is 0 Å². The lowest BCUT2D eigenvalue weighted by Crippen LogP contribution is -2.63. The maximum Gasteiger partial charge on any atom is 0.323 e. The van der Waals surface area contributed by atoms with Gasteiger partial charge in [-0.3, -0.25) is 19.2 Å². The highest BCUT2D eigenvalue weighted by Crippen LogP contribution is 2.38. The summed E-state index contributed by atoms with van der Waals surface area (Å²) in [6.45, 7) is -2.65. The van der Waals surface area contributed by atoms with E-state index in [-0.39, 0.29) is 19.3 Å². The van der Waals surface area contributed by atoms with Crippen molar-refractivity contribution in [2.45, 2.75) is 99.0 Å². The average molecular weight is 675 g/mol. The zero-order valence-corrected chi connectivity index (χ0v) is 24.9. The number of aliphatic hydroxyl groups is 6. The third-order valence-corrected chi connectivity index (χ3v) is 6.92. The van der Waals surface area contributed by atoms with Crippen LogP contribution in [0.2, 0.25) is 0 Å². The Morgan fingerprint density at radius 1 is 0.826 bits per heavy atom. The average Bonchev–Trinajstić information content (AvgIpc) is 3.28. The summed E-state index contributed by atoms with van der Waals surface area (Å²) in [6.07, 6.45) is -12.4. The number of aliphatic carboxylic acids is 2. The van der Waals surface area contributed by atoms with Crippen molar-refractivity contribution >= 4 is 23.9 Å². The number of hydrogen-bond donors (Lipinski definition) is 12. The van der Waals surface area contributed by atoms with Crippen LogP contribution in [0.1, 0.15) is 32.1 Å². The quantitative estimate of drug-likeness (QED) is 0.0503. The molecule has 0 spiro atoms. The van der Waals surface area contributed by atoms with E-state index in [0.717, 1.165) is 0 Å². The molecule has 46 heavy (non-hydrogen) atoms. The van der Waals surface area contributed by atoms with Crippen LogP contribution in [0.4, 0.5) is 0 Å². The number of carbonyl (C=O) groups is 4. The highest BCUT2D eigenvalue weighted by molar-refractivity contribution is 5.75. The molecule has 2 fully saturated rings. The van der Waals surface area contributed by atoms with Gasteiger partial charge >= 0.3 is 23.9 Å². The standard InChI is InChI=1S/C20H37N3O13.C5H9NO4/c21-4-2-1-3-9(23)18(31)32-8-20(17(34-12(26)5-22)14(28)11(7-25)35-20)36-19-16(30)15(29)13(27)10(6-24)33-19;6-3(5(9)10)1-2-4(7)8/h9-11,13-17,19,24-25,27-30H,1-8,21-23H2;3H,1-2,6H2,(H,7,8)(H,9,10)/t9-,10+,11+,13+,14+,15-,16+,17-,19+,20-;3-/m00/s1. The Hall–Kier alpha value is -2.64. The van der Waals surface area contributed by atoms with Crippen LogP contribution < -0.4 is 22.9 Å². The fourth-order valence-corrected chi connectivity index (χ4v) is 4.26. The Bertz CT molecular complexity index is 977. The monoisotopic (exact) mass is 674 g/mol. The zero-order chi connectivity index (χ0) is 35.2. The molecular formula is C25H46N4O17. The van der Waals surface area contributed by atoms with Gasteiger partial charge in [-0.2, -0.15) is 0 Å². The fraction of sp³-hybridized carbons (Fsp3) is 0.840. The molecule has 0 aromatic carbocycles. The molecule has 0 unspecified atom stereocenters. The third-order valence-electron chi connectivity index (χ3n) is 6.92. The topological polar surface area (TPSA) is 380 Å². The molecule has 0 aliphatic carbocycles. The van der Waals surface area contributed by atoms with Crippen LogP contribution in [-0.4, -0.2) is 165 Å². The van der Waals surface area contributed by atoms with E-state index in [1.807, 2.05) is 0 Å². The van der Waals surface area contributed by atoms with Crippen molar-refractivity contribution in [3.8, 4) is 0 Å². The van der Waals surface area contributed by atoms with E-state index in [4.69, 9.17) is 56.8 Å².